The number of rotatable bonds is 6. The van der Waals surface area contributed by atoms with Crippen molar-refractivity contribution in [3.63, 3.8) is 0 Å². The van der Waals surface area contributed by atoms with Gasteiger partial charge >= 0.3 is 5.97 Å². The molecule has 0 aromatic heterocycles. The molecule has 1 unspecified atom stereocenters. The first-order valence-electron chi connectivity index (χ1n) is 6.78. The van der Waals surface area contributed by atoms with Gasteiger partial charge in [0.05, 0.1) is 0 Å². The number of likely N-dealkylation sites (tertiary alicyclic amines) is 1. The Morgan fingerprint density at radius 2 is 2.05 bits per heavy atom. The third kappa shape index (κ3) is 3.25. The maximum Gasteiger partial charge on any atom is 0.322 e. The molecule has 1 aromatic carbocycles. The molecule has 1 heterocycles. The summed E-state index contributed by atoms with van der Waals surface area (Å²) in [6.07, 6.45) is 0.698. The predicted molar refractivity (Wildman–Crippen MR) is 79.3 cm³/mol. The molecule has 6 nitrogen and oxygen atoms in total. The molecule has 1 fully saturated rings. The fourth-order valence-electron chi connectivity index (χ4n) is 2.45. The lowest BCUT2D eigenvalue weighted by atomic mass is 10.1. The van der Waals surface area contributed by atoms with Gasteiger partial charge in [-0.05, 0) is 25.5 Å². The van der Waals surface area contributed by atoms with Crippen LogP contribution in [-0.4, -0.2) is 60.8 Å². The van der Waals surface area contributed by atoms with Gasteiger partial charge in [0, 0.05) is 13.6 Å². The number of carbonyl (C=O) groups is 1. The Labute approximate surface area is 125 Å². The molecule has 2 rings (SSSR count). The van der Waals surface area contributed by atoms with Gasteiger partial charge < -0.3 is 5.11 Å². The molecule has 1 N–H and O–H groups in total. The third-order valence-electron chi connectivity index (χ3n) is 3.96. The lowest BCUT2D eigenvalue weighted by Gasteiger charge is -2.40. The Bertz CT molecular complexity index is 603. The third-order valence-corrected chi connectivity index (χ3v) is 6.30. The molecular formula is C14H20N2O4S. The van der Waals surface area contributed by atoms with Crippen molar-refractivity contribution in [2.75, 3.05) is 20.6 Å². The quantitative estimate of drug-likeness (QED) is 0.832. The van der Waals surface area contributed by atoms with Gasteiger partial charge in [0.25, 0.3) is 0 Å². The summed E-state index contributed by atoms with van der Waals surface area (Å²) in [5.74, 6) is -1.13. The molecule has 0 saturated carbocycles. The molecule has 116 valence electrons. The second-order valence-electron chi connectivity index (χ2n) is 5.33. The van der Waals surface area contributed by atoms with Crippen LogP contribution in [0.5, 0.6) is 0 Å². The maximum atomic E-state index is 12.5. The fraction of sp³-hybridized carbons (Fsp3) is 0.500. The van der Waals surface area contributed by atoms with Gasteiger partial charge in [-0.2, -0.15) is 4.31 Å². The first-order valence-corrected chi connectivity index (χ1v) is 8.28. The highest BCUT2D eigenvalue weighted by atomic mass is 32.2. The number of sulfonamides is 1. The number of carboxylic acid groups (broad SMARTS) is 1. The largest absolute Gasteiger partial charge is 0.480 e. The van der Waals surface area contributed by atoms with Crippen LogP contribution >= 0.6 is 0 Å². The fourth-order valence-corrected chi connectivity index (χ4v) is 4.31. The van der Waals surface area contributed by atoms with Crippen molar-refractivity contribution in [2.24, 2.45) is 0 Å². The van der Waals surface area contributed by atoms with E-state index in [1.165, 1.54) is 7.05 Å². The summed E-state index contributed by atoms with van der Waals surface area (Å²) in [5.41, 5.74) is 0.800. The van der Waals surface area contributed by atoms with E-state index in [9.17, 15) is 18.3 Å². The summed E-state index contributed by atoms with van der Waals surface area (Å²) in [6.45, 7) is 0.716. The first-order chi connectivity index (χ1) is 9.84. The predicted octanol–water partition coefficient (Wildman–Crippen LogP) is 0.605. The molecule has 0 amide bonds. The molecule has 1 saturated heterocycles. The number of aliphatic carboxylic acids is 1. The lowest BCUT2D eigenvalue weighted by molar-refractivity contribution is -0.141. The highest BCUT2D eigenvalue weighted by Gasteiger charge is 2.42. The van der Waals surface area contributed by atoms with Crippen LogP contribution in [0.4, 0.5) is 0 Å². The number of carboxylic acids is 1. The molecule has 1 aliphatic heterocycles. The summed E-state index contributed by atoms with van der Waals surface area (Å²) in [4.78, 5) is 13.2. The van der Waals surface area contributed by atoms with Gasteiger partial charge in [-0.3, -0.25) is 9.69 Å². The van der Waals surface area contributed by atoms with Crippen LogP contribution in [0.3, 0.4) is 0 Å². The monoisotopic (exact) mass is 312 g/mol. The van der Waals surface area contributed by atoms with Crippen molar-refractivity contribution in [3.8, 4) is 0 Å². The van der Waals surface area contributed by atoms with Crippen LogP contribution < -0.4 is 0 Å². The van der Waals surface area contributed by atoms with Crippen LogP contribution in [0.1, 0.15) is 12.0 Å². The van der Waals surface area contributed by atoms with E-state index in [0.29, 0.717) is 13.0 Å². The van der Waals surface area contributed by atoms with Crippen molar-refractivity contribution in [2.45, 2.75) is 24.3 Å². The van der Waals surface area contributed by atoms with E-state index in [2.05, 4.69) is 0 Å². The van der Waals surface area contributed by atoms with Crippen LogP contribution in [0.2, 0.25) is 0 Å². The van der Waals surface area contributed by atoms with Gasteiger partial charge in [0.2, 0.25) is 10.0 Å². The Morgan fingerprint density at radius 3 is 2.48 bits per heavy atom. The van der Waals surface area contributed by atoms with Crippen LogP contribution in [0.25, 0.3) is 0 Å². The van der Waals surface area contributed by atoms with Gasteiger partial charge in [-0.15, -0.1) is 0 Å². The zero-order chi connectivity index (χ0) is 15.6. The van der Waals surface area contributed by atoms with E-state index in [1.807, 2.05) is 18.2 Å². The van der Waals surface area contributed by atoms with Crippen molar-refractivity contribution in [1.29, 1.82) is 0 Å². The number of benzene rings is 1. The summed E-state index contributed by atoms with van der Waals surface area (Å²) in [6, 6.07) is 7.96. The van der Waals surface area contributed by atoms with Crippen molar-refractivity contribution >= 4 is 16.0 Å². The summed E-state index contributed by atoms with van der Waals surface area (Å²) >= 11 is 0. The zero-order valence-electron chi connectivity index (χ0n) is 12.1. The maximum absolute atomic E-state index is 12.5. The summed E-state index contributed by atoms with van der Waals surface area (Å²) in [5, 5.41) is 8.78. The minimum absolute atomic E-state index is 0.155. The standard InChI is InChI=1S/C14H20N2O4S/c1-15-9-8-13(15)21(19,20)16(2)12(14(17)18)10-11-6-4-3-5-7-11/h3-7,12-13H,8-10H2,1-2H3,(H,17,18)/t12-,13?/m1/s1. The second kappa shape index (κ2) is 6.13. The molecule has 21 heavy (non-hydrogen) atoms. The van der Waals surface area contributed by atoms with E-state index in [1.54, 1.807) is 24.1 Å². The van der Waals surface area contributed by atoms with Gasteiger partial charge in [0.15, 0.2) is 0 Å². The first kappa shape index (κ1) is 15.9. The molecule has 2 atom stereocenters. The smallest absolute Gasteiger partial charge is 0.322 e. The van der Waals surface area contributed by atoms with E-state index in [-0.39, 0.29) is 6.42 Å². The van der Waals surface area contributed by atoms with E-state index in [4.69, 9.17) is 0 Å². The average molecular weight is 312 g/mol. The van der Waals surface area contributed by atoms with Gasteiger partial charge in [0.1, 0.15) is 11.4 Å². The molecule has 0 spiro atoms. The summed E-state index contributed by atoms with van der Waals surface area (Å²) in [7, 11) is -0.558. The normalized spacial score (nSPS) is 21.0. The molecular weight excluding hydrogens is 292 g/mol. The van der Waals surface area contributed by atoms with Crippen molar-refractivity contribution < 1.29 is 18.3 Å². The van der Waals surface area contributed by atoms with Crippen LogP contribution in [-0.2, 0) is 21.2 Å². The lowest BCUT2D eigenvalue weighted by Crippen LogP contribution is -2.57. The Balaban J connectivity index is 2.20. The van der Waals surface area contributed by atoms with E-state index in [0.717, 1.165) is 9.87 Å². The summed E-state index contributed by atoms with van der Waals surface area (Å²) < 4.78 is 26.0. The van der Waals surface area contributed by atoms with Crippen LogP contribution in [0.15, 0.2) is 30.3 Å². The second-order valence-corrected chi connectivity index (χ2v) is 7.48. The molecule has 7 heteroatoms. The minimum atomic E-state index is -3.64. The SMILES string of the molecule is CN1CCC1S(=O)(=O)N(C)[C@H](Cc1ccccc1)C(=O)O. The highest BCUT2D eigenvalue weighted by Crippen LogP contribution is 2.25. The number of nitrogens with zero attached hydrogens (tertiary/aromatic N) is 2. The Hall–Kier alpha value is -1.44. The Kier molecular flexibility index (Phi) is 4.65. The van der Waals surface area contributed by atoms with E-state index >= 15 is 0 Å². The zero-order valence-corrected chi connectivity index (χ0v) is 13.0. The Morgan fingerprint density at radius 1 is 1.43 bits per heavy atom. The highest BCUT2D eigenvalue weighted by molar-refractivity contribution is 7.89. The number of likely N-dealkylation sites (N-methyl/N-ethyl adjacent to an activating group) is 1. The van der Waals surface area contributed by atoms with E-state index < -0.39 is 27.4 Å². The molecule has 0 bridgehead atoms. The van der Waals surface area contributed by atoms with Gasteiger partial charge in [-0.1, -0.05) is 30.3 Å². The van der Waals surface area contributed by atoms with Crippen LogP contribution in [0, 0.1) is 0 Å². The molecule has 1 aliphatic rings. The minimum Gasteiger partial charge on any atom is -0.480 e. The number of hydrogen-bond acceptors (Lipinski definition) is 4. The molecule has 0 radical (unpaired) electrons. The van der Waals surface area contributed by atoms with Gasteiger partial charge in [-0.25, -0.2) is 8.42 Å². The number of hydrogen-bond donors (Lipinski definition) is 1. The molecule has 1 aromatic rings. The van der Waals surface area contributed by atoms with Crippen molar-refractivity contribution in [1.82, 2.24) is 9.21 Å². The van der Waals surface area contributed by atoms with Crippen molar-refractivity contribution in [3.05, 3.63) is 35.9 Å². The topological polar surface area (TPSA) is 77.9 Å². The molecule has 0 aliphatic carbocycles. The average Bonchev–Trinajstić information content (AvgIpc) is 2.42.